The van der Waals surface area contributed by atoms with Crippen LogP contribution < -0.4 is 15.8 Å². The first kappa shape index (κ1) is 22.7. The first-order valence-corrected chi connectivity index (χ1v) is 10.6. The van der Waals surface area contributed by atoms with Crippen molar-refractivity contribution in [1.82, 2.24) is 25.4 Å². The molecule has 0 aromatic carbocycles. The van der Waals surface area contributed by atoms with Crippen LogP contribution in [0.25, 0.3) is 0 Å². The van der Waals surface area contributed by atoms with Crippen molar-refractivity contribution >= 4 is 11.7 Å². The van der Waals surface area contributed by atoms with Gasteiger partial charge in [-0.25, -0.2) is 10.1 Å². The van der Waals surface area contributed by atoms with Crippen molar-refractivity contribution in [3.8, 4) is 6.07 Å². The van der Waals surface area contributed by atoms with Crippen LogP contribution in [0.2, 0.25) is 0 Å². The lowest BCUT2D eigenvalue weighted by Crippen LogP contribution is -2.51. The number of H-pyrrole nitrogens is 1. The Hall–Kier alpha value is -3.46. The van der Waals surface area contributed by atoms with Crippen LogP contribution in [-0.4, -0.2) is 65.3 Å². The number of nitriles is 1. The second-order valence-corrected chi connectivity index (χ2v) is 8.04. The predicted molar refractivity (Wildman–Crippen MR) is 112 cm³/mol. The van der Waals surface area contributed by atoms with Crippen molar-refractivity contribution in [2.24, 2.45) is 0 Å². The third-order valence-corrected chi connectivity index (χ3v) is 6.03. The highest BCUT2D eigenvalue weighted by atomic mass is 19.4. The second-order valence-electron chi connectivity index (χ2n) is 8.04. The number of hydrogen-bond acceptors (Lipinski definition) is 7. The zero-order valence-corrected chi connectivity index (χ0v) is 17.7. The van der Waals surface area contributed by atoms with E-state index in [-0.39, 0.29) is 36.0 Å². The van der Waals surface area contributed by atoms with Crippen molar-refractivity contribution < 1.29 is 18.0 Å². The van der Waals surface area contributed by atoms with Crippen molar-refractivity contribution in [3.05, 3.63) is 51.1 Å². The molecule has 0 radical (unpaired) electrons. The molecule has 2 aromatic heterocycles. The highest BCUT2D eigenvalue weighted by Crippen LogP contribution is 2.37. The minimum absolute atomic E-state index is 0.0445. The number of hydrogen-bond donors (Lipinski definition) is 2. The highest BCUT2D eigenvalue weighted by molar-refractivity contribution is 5.78. The molecular weight excluding hydrogens is 439 g/mol. The van der Waals surface area contributed by atoms with Crippen LogP contribution in [0.15, 0.2) is 23.1 Å². The number of piperazine rings is 1. The van der Waals surface area contributed by atoms with Gasteiger partial charge in [0.1, 0.15) is 17.5 Å². The molecule has 9 nitrogen and oxygen atoms in total. The molecule has 2 aromatic rings. The van der Waals surface area contributed by atoms with E-state index in [0.717, 1.165) is 5.82 Å². The average molecular weight is 461 g/mol. The summed E-state index contributed by atoms with van der Waals surface area (Å²) in [5.41, 5.74) is -1.71. The Morgan fingerprint density at radius 1 is 1.27 bits per heavy atom. The Balaban J connectivity index is 1.27. The maximum atomic E-state index is 13.2. The number of halogens is 3. The topological polar surface area (TPSA) is 118 Å². The van der Waals surface area contributed by atoms with Crippen LogP contribution in [0.3, 0.4) is 0 Å². The lowest BCUT2D eigenvalue weighted by Gasteiger charge is -2.35. The van der Waals surface area contributed by atoms with Gasteiger partial charge >= 0.3 is 6.18 Å². The summed E-state index contributed by atoms with van der Waals surface area (Å²) < 4.78 is 39.7. The largest absolute Gasteiger partial charge is 0.422 e. The Morgan fingerprint density at radius 2 is 2.03 bits per heavy atom. The molecule has 1 saturated heterocycles. The molecule has 1 amide bonds. The van der Waals surface area contributed by atoms with E-state index in [9.17, 15) is 22.8 Å². The van der Waals surface area contributed by atoms with Gasteiger partial charge < -0.3 is 15.1 Å². The summed E-state index contributed by atoms with van der Waals surface area (Å²) in [5, 5.41) is 17.7. The molecule has 2 N–H and O–H groups in total. The minimum Gasteiger partial charge on any atom is -0.353 e. The highest BCUT2D eigenvalue weighted by Gasteiger charge is 2.41. The van der Waals surface area contributed by atoms with Gasteiger partial charge in [0.2, 0.25) is 5.91 Å². The van der Waals surface area contributed by atoms with Crippen molar-refractivity contribution in [2.45, 2.75) is 24.9 Å². The van der Waals surface area contributed by atoms with Crippen LogP contribution in [0.5, 0.6) is 0 Å². The summed E-state index contributed by atoms with van der Waals surface area (Å²) in [4.78, 5) is 32.2. The third-order valence-electron chi connectivity index (χ3n) is 6.03. The van der Waals surface area contributed by atoms with Gasteiger partial charge in [0, 0.05) is 44.8 Å². The number of fused-ring (bicyclic) bond motifs is 1. The molecule has 1 aliphatic heterocycles. The molecule has 2 aliphatic rings. The zero-order valence-electron chi connectivity index (χ0n) is 17.7. The fraction of sp³-hybridized carbons (Fsp3) is 0.476. The van der Waals surface area contributed by atoms with Crippen molar-refractivity contribution in [1.29, 1.82) is 5.26 Å². The number of carbonyl (C=O) groups excluding carboxylic acids is 1. The summed E-state index contributed by atoms with van der Waals surface area (Å²) in [7, 11) is 0. The third kappa shape index (κ3) is 4.83. The number of aromatic amines is 1. The number of aromatic nitrogens is 3. The van der Waals surface area contributed by atoms with Gasteiger partial charge in [-0.05, 0) is 30.5 Å². The fourth-order valence-corrected chi connectivity index (χ4v) is 4.33. The number of rotatable bonds is 5. The Morgan fingerprint density at radius 3 is 2.67 bits per heavy atom. The van der Waals surface area contributed by atoms with Crippen molar-refractivity contribution in [2.75, 3.05) is 44.2 Å². The Labute approximate surface area is 187 Å². The quantitative estimate of drug-likeness (QED) is 0.683. The van der Waals surface area contributed by atoms with E-state index >= 15 is 0 Å². The maximum Gasteiger partial charge on any atom is 0.422 e. The molecular formula is C21H22F3N7O2. The van der Waals surface area contributed by atoms with E-state index in [1.165, 1.54) is 6.20 Å². The van der Waals surface area contributed by atoms with Gasteiger partial charge in [-0.3, -0.25) is 9.59 Å². The van der Waals surface area contributed by atoms with E-state index in [2.05, 4.69) is 15.4 Å². The van der Waals surface area contributed by atoms with E-state index in [4.69, 9.17) is 5.26 Å². The molecule has 174 valence electrons. The normalized spacial score (nSPS) is 18.2. The summed E-state index contributed by atoms with van der Waals surface area (Å²) in [6, 6.07) is 5.51. The molecule has 33 heavy (non-hydrogen) atoms. The average Bonchev–Trinajstić information content (AvgIpc) is 3.20. The first-order chi connectivity index (χ1) is 15.8. The molecule has 0 bridgehead atoms. The summed E-state index contributed by atoms with van der Waals surface area (Å²) in [6.07, 6.45) is -2.65. The van der Waals surface area contributed by atoms with Gasteiger partial charge in [0.25, 0.3) is 5.56 Å². The number of anilines is 1. The van der Waals surface area contributed by atoms with Crippen LogP contribution in [0.1, 0.15) is 34.7 Å². The summed E-state index contributed by atoms with van der Waals surface area (Å²) >= 11 is 0. The number of alkyl halides is 3. The van der Waals surface area contributed by atoms with Crippen molar-refractivity contribution in [3.63, 3.8) is 0 Å². The smallest absolute Gasteiger partial charge is 0.353 e. The Kier molecular flexibility index (Phi) is 6.33. The molecule has 0 unspecified atom stereocenters. The number of pyridine rings is 1. The maximum absolute atomic E-state index is 13.2. The molecule has 0 saturated carbocycles. The van der Waals surface area contributed by atoms with Crippen LogP contribution in [0.4, 0.5) is 19.0 Å². The molecule has 0 spiro atoms. The second kappa shape index (κ2) is 9.19. The molecule has 1 atom stereocenters. The van der Waals surface area contributed by atoms with E-state index in [1.807, 2.05) is 16.1 Å². The predicted octanol–water partition coefficient (Wildman–Crippen LogP) is 1.02. The number of nitrogens with one attached hydrogen (secondary N) is 2. The van der Waals surface area contributed by atoms with Crippen LogP contribution in [0, 0.1) is 11.3 Å². The molecule has 1 aliphatic carbocycles. The lowest BCUT2D eigenvalue weighted by molar-refractivity contribution is -0.139. The lowest BCUT2D eigenvalue weighted by atomic mass is 10.1. The standard InChI is InChI=1S/C21H22F3N7O2/c22-21(23,24)18-15-3-2-14(19(15)28-29-20(18)33)11-26-12-17(32)31-7-5-30(6-8-31)16-4-1-13(9-25)10-27-16/h1,4,10,14,26H,2-3,5-8,11-12H2,(H,29,33)/t14-/m1/s1. The van der Waals surface area contributed by atoms with Crippen LogP contribution >= 0.6 is 0 Å². The fourth-order valence-electron chi connectivity index (χ4n) is 4.33. The molecule has 12 heteroatoms. The van der Waals surface area contributed by atoms with Crippen LogP contribution in [-0.2, 0) is 17.4 Å². The minimum atomic E-state index is -4.73. The molecule has 1 fully saturated rings. The van der Waals surface area contributed by atoms with Gasteiger partial charge in [-0.1, -0.05) is 0 Å². The number of nitrogens with zero attached hydrogens (tertiary/aromatic N) is 5. The first-order valence-electron chi connectivity index (χ1n) is 10.6. The van der Waals surface area contributed by atoms with Gasteiger partial charge in [0.15, 0.2) is 0 Å². The number of carbonyl (C=O) groups is 1. The van der Waals surface area contributed by atoms with E-state index < -0.39 is 17.3 Å². The van der Waals surface area contributed by atoms with Gasteiger partial charge in [-0.2, -0.15) is 23.5 Å². The zero-order chi connectivity index (χ0) is 23.6. The molecule has 4 rings (SSSR count). The number of amides is 1. The van der Waals surface area contributed by atoms with Gasteiger partial charge in [-0.15, -0.1) is 0 Å². The summed E-state index contributed by atoms with van der Waals surface area (Å²) in [6.45, 7) is 2.62. The monoisotopic (exact) mass is 461 g/mol. The SMILES string of the molecule is N#Cc1ccc(N2CCN(C(=O)CNC[C@H]3CCc4c3n[nH]c(=O)c4C(F)(F)F)CC2)nc1. The Bertz CT molecular complexity index is 1120. The summed E-state index contributed by atoms with van der Waals surface area (Å²) in [5.74, 6) is 0.360. The van der Waals surface area contributed by atoms with Gasteiger partial charge in [0.05, 0.1) is 17.8 Å². The molecule has 3 heterocycles. The van der Waals surface area contributed by atoms with E-state index in [1.54, 1.807) is 17.0 Å². The van der Waals surface area contributed by atoms with E-state index in [0.29, 0.717) is 44.7 Å².